The quantitative estimate of drug-likeness (QED) is 0.890. The van der Waals surface area contributed by atoms with Crippen LogP contribution in [-0.4, -0.2) is 40.4 Å². The van der Waals surface area contributed by atoms with Gasteiger partial charge in [0, 0.05) is 35.6 Å². The highest BCUT2D eigenvalue weighted by Gasteiger charge is 2.27. The van der Waals surface area contributed by atoms with E-state index in [1.165, 1.54) is 25.5 Å². The van der Waals surface area contributed by atoms with E-state index in [0.717, 1.165) is 23.8 Å². The Labute approximate surface area is 144 Å². The lowest BCUT2D eigenvalue weighted by atomic mass is 9.95. The zero-order valence-corrected chi connectivity index (χ0v) is 13.9. The molecule has 2 aliphatic rings. The van der Waals surface area contributed by atoms with Crippen LogP contribution < -0.4 is 5.32 Å². The molecule has 4 rings (SSSR count). The van der Waals surface area contributed by atoms with Crippen molar-refractivity contribution in [1.29, 1.82) is 0 Å². The van der Waals surface area contributed by atoms with Crippen LogP contribution in [0.15, 0.2) is 28.4 Å². The van der Waals surface area contributed by atoms with Crippen molar-refractivity contribution >= 4 is 34.7 Å². The molecule has 24 heavy (non-hydrogen) atoms. The first-order valence-corrected chi connectivity index (χ1v) is 8.73. The molecule has 2 N–H and O–H groups in total. The first kappa shape index (κ1) is 15.7. The number of nitrogens with zero attached hydrogens (tertiary/aromatic N) is 3. The Bertz CT molecular complexity index is 793. The van der Waals surface area contributed by atoms with Gasteiger partial charge in [-0.15, -0.1) is 0 Å². The van der Waals surface area contributed by atoms with E-state index in [9.17, 15) is 4.39 Å². The first-order chi connectivity index (χ1) is 11.7. The van der Waals surface area contributed by atoms with Crippen LogP contribution in [0.3, 0.4) is 0 Å². The Kier molecular flexibility index (Phi) is 4.33. The highest BCUT2D eigenvalue weighted by Crippen LogP contribution is 2.24. The van der Waals surface area contributed by atoms with Gasteiger partial charge in [0.15, 0.2) is 12.0 Å². The number of H-pyrrole nitrogens is 1. The van der Waals surface area contributed by atoms with Crippen molar-refractivity contribution in [3.63, 3.8) is 0 Å². The fourth-order valence-corrected chi connectivity index (χ4v) is 3.56. The van der Waals surface area contributed by atoms with E-state index in [1.54, 1.807) is 12.4 Å². The smallest absolute Gasteiger partial charge is 0.171 e. The summed E-state index contributed by atoms with van der Waals surface area (Å²) in [4.78, 5) is 16.0. The standard InChI is InChI=1S/C17H19ClFN5/c18-10-6-12-13(8-21-15(12)20-7-10)16-22-9-14(19)17(24-16)23-11-4-2-1-3-5-11/h6-9,11,14,17,23H,1-5H2,(H,20,21). The molecule has 5 nitrogen and oxygen atoms in total. The normalized spacial score (nSPS) is 25.2. The number of nitrogens with one attached hydrogen (secondary N) is 2. The van der Waals surface area contributed by atoms with Crippen molar-refractivity contribution in [1.82, 2.24) is 15.3 Å². The fraction of sp³-hybridized carbons (Fsp3) is 0.471. The van der Waals surface area contributed by atoms with Crippen LogP contribution in [0.25, 0.3) is 11.0 Å². The van der Waals surface area contributed by atoms with E-state index in [4.69, 9.17) is 11.6 Å². The van der Waals surface area contributed by atoms with Crippen LogP contribution in [0.4, 0.5) is 4.39 Å². The summed E-state index contributed by atoms with van der Waals surface area (Å²) in [5.41, 5.74) is 1.50. The van der Waals surface area contributed by atoms with E-state index in [-0.39, 0.29) is 0 Å². The average molecular weight is 348 g/mol. The number of hydrogen-bond donors (Lipinski definition) is 2. The molecule has 1 saturated carbocycles. The maximum Gasteiger partial charge on any atom is 0.171 e. The van der Waals surface area contributed by atoms with Gasteiger partial charge in [-0.05, 0) is 18.9 Å². The molecule has 2 aromatic heterocycles. The first-order valence-electron chi connectivity index (χ1n) is 8.36. The predicted octanol–water partition coefficient (Wildman–Crippen LogP) is 3.63. The number of rotatable bonds is 3. The summed E-state index contributed by atoms with van der Waals surface area (Å²) < 4.78 is 14.2. The SMILES string of the molecule is FC1C=NC(c2c[nH]c3ncc(Cl)cc23)=NC1NC1CCCCC1. The molecule has 1 aliphatic carbocycles. The number of amidine groups is 1. The summed E-state index contributed by atoms with van der Waals surface area (Å²) in [5.74, 6) is 0.507. The summed E-state index contributed by atoms with van der Waals surface area (Å²) in [6.07, 6.45) is 8.73. The lowest BCUT2D eigenvalue weighted by Gasteiger charge is -2.28. The van der Waals surface area contributed by atoms with Gasteiger partial charge in [-0.2, -0.15) is 0 Å². The third kappa shape index (κ3) is 3.08. The van der Waals surface area contributed by atoms with E-state index in [1.807, 2.05) is 6.07 Å². The van der Waals surface area contributed by atoms with Crippen LogP contribution in [-0.2, 0) is 0 Å². The number of fused-ring (bicyclic) bond motifs is 1. The Morgan fingerprint density at radius 3 is 2.92 bits per heavy atom. The van der Waals surface area contributed by atoms with Gasteiger partial charge in [-0.3, -0.25) is 5.32 Å². The highest BCUT2D eigenvalue weighted by molar-refractivity contribution is 6.31. The summed E-state index contributed by atoms with van der Waals surface area (Å²) in [6.45, 7) is 0. The molecule has 3 heterocycles. The largest absolute Gasteiger partial charge is 0.345 e. The van der Waals surface area contributed by atoms with Crippen molar-refractivity contribution in [2.75, 3.05) is 0 Å². The number of halogens is 2. The number of pyridine rings is 1. The summed E-state index contributed by atoms with van der Waals surface area (Å²) in [6, 6.07) is 2.15. The van der Waals surface area contributed by atoms with Crippen LogP contribution in [0.1, 0.15) is 37.7 Å². The van der Waals surface area contributed by atoms with Gasteiger partial charge in [0.05, 0.1) is 5.02 Å². The molecule has 0 aromatic carbocycles. The van der Waals surface area contributed by atoms with Gasteiger partial charge in [0.2, 0.25) is 0 Å². The third-order valence-electron chi connectivity index (χ3n) is 4.65. The highest BCUT2D eigenvalue weighted by atomic mass is 35.5. The molecule has 7 heteroatoms. The number of aromatic amines is 1. The van der Waals surface area contributed by atoms with Gasteiger partial charge in [0.1, 0.15) is 11.8 Å². The van der Waals surface area contributed by atoms with E-state index >= 15 is 0 Å². The number of aromatic nitrogens is 2. The second-order valence-corrected chi connectivity index (χ2v) is 6.81. The van der Waals surface area contributed by atoms with E-state index < -0.39 is 12.3 Å². The lowest BCUT2D eigenvalue weighted by Crippen LogP contribution is -2.46. The summed E-state index contributed by atoms with van der Waals surface area (Å²) >= 11 is 6.04. The number of alkyl halides is 1. The lowest BCUT2D eigenvalue weighted by molar-refractivity contribution is 0.272. The van der Waals surface area contributed by atoms with Crippen molar-refractivity contribution < 1.29 is 4.39 Å². The maximum atomic E-state index is 14.2. The van der Waals surface area contributed by atoms with Gasteiger partial charge in [0.25, 0.3) is 0 Å². The minimum atomic E-state index is -1.21. The van der Waals surface area contributed by atoms with Gasteiger partial charge in [-0.25, -0.2) is 19.4 Å². The minimum Gasteiger partial charge on any atom is -0.345 e. The molecular formula is C17H19ClFN5. The van der Waals surface area contributed by atoms with E-state index in [0.29, 0.717) is 22.5 Å². The van der Waals surface area contributed by atoms with Crippen LogP contribution in [0, 0.1) is 0 Å². The second kappa shape index (κ2) is 6.61. The Morgan fingerprint density at radius 2 is 2.08 bits per heavy atom. The summed E-state index contributed by atoms with van der Waals surface area (Å²) in [5, 5.41) is 4.74. The molecular weight excluding hydrogens is 329 g/mol. The van der Waals surface area contributed by atoms with Crippen LogP contribution in [0.2, 0.25) is 5.02 Å². The fourth-order valence-electron chi connectivity index (χ4n) is 3.40. The number of aliphatic imine (C=N–C) groups is 2. The monoisotopic (exact) mass is 347 g/mol. The maximum absolute atomic E-state index is 14.2. The van der Waals surface area contributed by atoms with Crippen molar-refractivity contribution in [3.05, 3.63) is 29.0 Å². The minimum absolute atomic E-state index is 0.331. The molecule has 1 fully saturated rings. The Balaban J connectivity index is 1.62. The molecule has 126 valence electrons. The molecule has 1 aliphatic heterocycles. The van der Waals surface area contributed by atoms with Gasteiger partial charge >= 0.3 is 0 Å². The molecule has 0 radical (unpaired) electrons. The molecule has 2 unspecified atom stereocenters. The molecule has 0 amide bonds. The topological polar surface area (TPSA) is 65.4 Å². The second-order valence-electron chi connectivity index (χ2n) is 6.37. The predicted molar refractivity (Wildman–Crippen MR) is 94.8 cm³/mol. The zero-order valence-electron chi connectivity index (χ0n) is 13.2. The Hall–Kier alpha value is -1.79. The number of hydrogen-bond acceptors (Lipinski definition) is 4. The van der Waals surface area contributed by atoms with Crippen molar-refractivity contribution in [2.24, 2.45) is 9.98 Å². The van der Waals surface area contributed by atoms with Crippen molar-refractivity contribution in [3.8, 4) is 0 Å². The summed E-state index contributed by atoms with van der Waals surface area (Å²) in [7, 11) is 0. The van der Waals surface area contributed by atoms with Crippen LogP contribution >= 0.6 is 11.6 Å². The molecule has 0 bridgehead atoms. The van der Waals surface area contributed by atoms with Gasteiger partial charge in [-0.1, -0.05) is 30.9 Å². The average Bonchev–Trinajstić information content (AvgIpc) is 3.01. The molecule has 2 aromatic rings. The Morgan fingerprint density at radius 1 is 1.25 bits per heavy atom. The van der Waals surface area contributed by atoms with Crippen LogP contribution in [0.5, 0.6) is 0 Å². The van der Waals surface area contributed by atoms with E-state index in [2.05, 4.69) is 25.3 Å². The third-order valence-corrected chi connectivity index (χ3v) is 4.86. The van der Waals surface area contributed by atoms with Gasteiger partial charge < -0.3 is 4.98 Å². The molecule has 0 saturated heterocycles. The molecule has 0 spiro atoms. The zero-order chi connectivity index (χ0) is 16.5. The molecule has 2 atom stereocenters. The van der Waals surface area contributed by atoms with Crippen molar-refractivity contribution in [2.45, 2.75) is 50.5 Å².